The standard InChI is InChI=1S/C19H25ClN4O2/c1-15-18(14-22-24(15)17-6-4-5-16(20)13-17)19(25)21-7-2-3-8-23-9-11-26-12-10-23/h4-6,13-14H,2-3,7-12H2,1H3,(H,21,25). The number of aromatic nitrogens is 2. The van der Waals surface area contributed by atoms with Crippen LogP contribution in [-0.2, 0) is 4.74 Å². The summed E-state index contributed by atoms with van der Waals surface area (Å²) in [7, 11) is 0. The third-order valence-electron chi connectivity index (χ3n) is 4.60. The largest absolute Gasteiger partial charge is 0.379 e. The summed E-state index contributed by atoms with van der Waals surface area (Å²) >= 11 is 6.04. The Hall–Kier alpha value is -1.89. The zero-order valence-corrected chi connectivity index (χ0v) is 15.8. The van der Waals surface area contributed by atoms with E-state index in [0.29, 0.717) is 17.1 Å². The number of carbonyl (C=O) groups is 1. The van der Waals surface area contributed by atoms with E-state index in [0.717, 1.165) is 57.1 Å². The molecule has 1 aromatic carbocycles. The first-order valence-electron chi connectivity index (χ1n) is 9.04. The van der Waals surface area contributed by atoms with Gasteiger partial charge in [0, 0.05) is 24.7 Å². The van der Waals surface area contributed by atoms with Gasteiger partial charge in [0.15, 0.2) is 0 Å². The van der Waals surface area contributed by atoms with Crippen LogP contribution in [0.4, 0.5) is 0 Å². The van der Waals surface area contributed by atoms with E-state index in [9.17, 15) is 4.79 Å². The van der Waals surface area contributed by atoms with Crippen molar-refractivity contribution >= 4 is 17.5 Å². The highest BCUT2D eigenvalue weighted by atomic mass is 35.5. The highest BCUT2D eigenvalue weighted by Gasteiger charge is 2.15. The molecule has 2 heterocycles. The molecule has 140 valence electrons. The lowest BCUT2D eigenvalue weighted by Gasteiger charge is -2.26. The number of hydrogen-bond acceptors (Lipinski definition) is 4. The van der Waals surface area contributed by atoms with Crippen LogP contribution in [0.3, 0.4) is 0 Å². The Morgan fingerprint density at radius 2 is 2.12 bits per heavy atom. The first-order valence-corrected chi connectivity index (χ1v) is 9.42. The first kappa shape index (κ1) is 18.9. The molecule has 2 aromatic rings. The molecule has 3 rings (SSSR count). The lowest BCUT2D eigenvalue weighted by atomic mass is 10.2. The van der Waals surface area contributed by atoms with Gasteiger partial charge >= 0.3 is 0 Å². The SMILES string of the molecule is Cc1c(C(=O)NCCCCN2CCOCC2)cnn1-c1cccc(Cl)c1. The summed E-state index contributed by atoms with van der Waals surface area (Å²) in [5, 5.41) is 7.97. The molecule has 1 aliphatic heterocycles. The lowest BCUT2D eigenvalue weighted by Crippen LogP contribution is -2.37. The molecule has 1 aliphatic rings. The van der Waals surface area contributed by atoms with Crippen molar-refractivity contribution in [1.29, 1.82) is 0 Å². The summed E-state index contributed by atoms with van der Waals surface area (Å²) in [4.78, 5) is 14.8. The average Bonchev–Trinajstić information content (AvgIpc) is 3.04. The fourth-order valence-corrected chi connectivity index (χ4v) is 3.27. The van der Waals surface area contributed by atoms with E-state index in [2.05, 4.69) is 15.3 Å². The van der Waals surface area contributed by atoms with Gasteiger partial charge < -0.3 is 10.1 Å². The van der Waals surface area contributed by atoms with E-state index in [1.165, 1.54) is 0 Å². The van der Waals surface area contributed by atoms with Crippen LogP contribution in [-0.4, -0.2) is 60.0 Å². The summed E-state index contributed by atoms with van der Waals surface area (Å²) in [5.74, 6) is -0.0813. The average molecular weight is 377 g/mol. The van der Waals surface area contributed by atoms with Crippen molar-refractivity contribution in [2.24, 2.45) is 0 Å². The van der Waals surface area contributed by atoms with Gasteiger partial charge in [-0.2, -0.15) is 5.10 Å². The van der Waals surface area contributed by atoms with Crippen molar-refractivity contribution in [3.05, 3.63) is 46.7 Å². The smallest absolute Gasteiger partial charge is 0.254 e. The van der Waals surface area contributed by atoms with Gasteiger partial charge in [-0.15, -0.1) is 0 Å². The molecule has 0 spiro atoms. The van der Waals surface area contributed by atoms with Crippen molar-refractivity contribution in [3.63, 3.8) is 0 Å². The molecule has 1 amide bonds. The van der Waals surface area contributed by atoms with Crippen molar-refractivity contribution in [3.8, 4) is 5.69 Å². The molecule has 0 unspecified atom stereocenters. The van der Waals surface area contributed by atoms with Gasteiger partial charge in [0.1, 0.15) is 0 Å². The Labute approximate surface area is 159 Å². The van der Waals surface area contributed by atoms with Crippen molar-refractivity contribution in [2.75, 3.05) is 39.4 Å². The van der Waals surface area contributed by atoms with Crippen molar-refractivity contribution in [2.45, 2.75) is 19.8 Å². The summed E-state index contributed by atoms with van der Waals surface area (Å²) in [5.41, 5.74) is 2.25. The third-order valence-corrected chi connectivity index (χ3v) is 4.83. The number of ether oxygens (including phenoxy) is 1. The number of benzene rings is 1. The fourth-order valence-electron chi connectivity index (χ4n) is 3.08. The third kappa shape index (κ3) is 4.84. The van der Waals surface area contributed by atoms with Crippen LogP contribution in [0.1, 0.15) is 28.9 Å². The Balaban J connectivity index is 1.47. The van der Waals surface area contributed by atoms with Gasteiger partial charge in [0.25, 0.3) is 5.91 Å². The number of nitrogens with one attached hydrogen (secondary N) is 1. The summed E-state index contributed by atoms with van der Waals surface area (Å²) in [6.07, 6.45) is 3.64. The number of carbonyl (C=O) groups excluding carboxylic acids is 1. The maximum Gasteiger partial charge on any atom is 0.254 e. The fraction of sp³-hybridized carbons (Fsp3) is 0.474. The number of nitrogens with zero attached hydrogens (tertiary/aromatic N) is 3. The first-order chi connectivity index (χ1) is 12.6. The van der Waals surface area contributed by atoms with E-state index in [4.69, 9.17) is 16.3 Å². The van der Waals surface area contributed by atoms with Crippen LogP contribution in [0, 0.1) is 6.92 Å². The molecule has 0 aliphatic carbocycles. The second-order valence-corrected chi connectivity index (χ2v) is 6.89. The molecule has 1 aromatic heterocycles. The minimum Gasteiger partial charge on any atom is -0.379 e. The quantitative estimate of drug-likeness (QED) is 0.755. The second-order valence-electron chi connectivity index (χ2n) is 6.45. The monoisotopic (exact) mass is 376 g/mol. The number of unbranched alkanes of at least 4 members (excludes halogenated alkanes) is 1. The second kappa shape index (κ2) is 9.16. The number of morpholine rings is 1. The highest BCUT2D eigenvalue weighted by molar-refractivity contribution is 6.30. The molecule has 6 nitrogen and oxygen atoms in total. The highest BCUT2D eigenvalue weighted by Crippen LogP contribution is 2.17. The predicted molar refractivity (Wildman–Crippen MR) is 102 cm³/mol. The zero-order valence-electron chi connectivity index (χ0n) is 15.1. The van der Waals surface area contributed by atoms with Crippen LogP contribution in [0.2, 0.25) is 5.02 Å². The van der Waals surface area contributed by atoms with Crippen LogP contribution in [0.15, 0.2) is 30.5 Å². The number of hydrogen-bond donors (Lipinski definition) is 1. The van der Waals surface area contributed by atoms with Crippen LogP contribution in [0.25, 0.3) is 5.69 Å². The minimum absolute atomic E-state index is 0.0813. The van der Waals surface area contributed by atoms with Crippen LogP contribution in [0.5, 0.6) is 0 Å². The Morgan fingerprint density at radius 1 is 1.31 bits per heavy atom. The van der Waals surface area contributed by atoms with Gasteiger partial charge in [0.05, 0.1) is 36.4 Å². The van der Waals surface area contributed by atoms with Crippen LogP contribution < -0.4 is 5.32 Å². The van der Waals surface area contributed by atoms with E-state index >= 15 is 0 Å². The summed E-state index contributed by atoms with van der Waals surface area (Å²) in [6, 6.07) is 7.43. The Kier molecular flexibility index (Phi) is 6.66. The molecule has 7 heteroatoms. The molecule has 26 heavy (non-hydrogen) atoms. The minimum atomic E-state index is -0.0813. The van der Waals surface area contributed by atoms with Crippen LogP contribution >= 0.6 is 11.6 Å². The maximum atomic E-state index is 12.4. The molecule has 0 saturated carbocycles. The predicted octanol–water partition coefficient (Wildman–Crippen LogP) is 2.68. The molecular weight excluding hydrogens is 352 g/mol. The number of halogens is 1. The van der Waals surface area contributed by atoms with E-state index in [-0.39, 0.29) is 5.91 Å². The van der Waals surface area contributed by atoms with Gasteiger partial charge in [0.2, 0.25) is 0 Å². The molecule has 0 bridgehead atoms. The molecule has 0 atom stereocenters. The van der Waals surface area contributed by atoms with Crippen molar-refractivity contribution < 1.29 is 9.53 Å². The summed E-state index contributed by atoms with van der Waals surface area (Å²) in [6.45, 7) is 7.29. The maximum absolute atomic E-state index is 12.4. The van der Waals surface area contributed by atoms with Gasteiger partial charge in [-0.1, -0.05) is 17.7 Å². The van der Waals surface area contributed by atoms with E-state index < -0.39 is 0 Å². The Bertz CT molecular complexity index is 741. The van der Waals surface area contributed by atoms with Gasteiger partial charge in [-0.25, -0.2) is 4.68 Å². The van der Waals surface area contributed by atoms with E-state index in [1.807, 2.05) is 31.2 Å². The Morgan fingerprint density at radius 3 is 2.88 bits per heavy atom. The van der Waals surface area contributed by atoms with Crippen molar-refractivity contribution in [1.82, 2.24) is 20.0 Å². The molecule has 1 saturated heterocycles. The topological polar surface area (TPSA) is 59.4 Å². The molecule has 0 radical (unpaired) electrons. The van der Waals surface area contributed by atoms with Gasteiger partial charge in [-0.05, 0) is 44.5 Å². The van der Waals surface area contributed by atoms with E-state index in [1.54, 1.807) is 10.9 Å². The number of amides is 1. The van der Waals surface area contributed by atoms with Gasteiger partial charge in [-0.3, -0.25) is 9.69 Å². The molecule has 1 fully saturated rings. The number of rotatable bonds is 7. The molecular formula is C19H25ClN4O2. The zero-order chi connectivity index (χ0) is 18.4. The summed E-state index contributed by atoms with van der Waals surface area (Å²) < 4.78 is 7.08. The molecule has 1 N–H and O–H groups in total. The normalized spacial score (nSPS) is 15.2. The lowest BCUT2D eigenvalue weighted by molar-refractivity contribution is 0.0372.